The molecule has 0 saturated heterocycles. The minimum Gasteiger partial charge on any atom is -0.454 e. The van der Waals surface area contributed by atoms with E-state index in [-0.39, 0.29) is 24.3 Å². The van der Waals surface area contributed by atoms with Gasteiger partial charge in [-0.1, -0.05) is 12.1 Å². The summed E-state index contributed by atoms with van der Waals surface area (Å²) in [6.07, 6.45) is 0. The molecule has 4 rings (SSSR count). The number of carbonyl (C=O) groups is 1. The number of aromatic nitrogens is 1. The first kappa shape index (κ1) is 16.9. The predicted octanol–water partition coefficient (Wildman–Crippen LogP) is 4.41. The minimum atomic E-state index is -0.329. The van der Waals surface area contributed by atoms with Gasteiger partial charge in [0.2, 0.25) is 12.7 Å². The second-order valence-electron chi connectivity index (χ2n) is 5.37. The lowest BCUT2D eigenvalue weighted by atomic mass is 10.1. The van der Waals surface area contributed by atoms with E-state index in [1.54, 1.807) is 18.2 Å². The lowest BCUT2D eigenvalue weighted by Gasteiger charge is -2.03. The normalized spacial score (nSPS) is 12.2. The molecule has 0 unspecified atom stereocenters. The average Bonchev–Trinajstić information content (AvgIpc) is 3.29. The third kappa shape index (κ3) is 3.66. The summed E-state index contributed by atoms with van der Waals surface area (Å²) in [6.45, 7) is 0.219. The Labute approximate surface area is 157 Å². The van der Waals surface area contributed by atoms with E-state index in [0.29, 0.717) is 21.5 Å². The lowest BCUT2D eigenvalue weighted by Crippen LogP contribution is -2.13. The van der Waals surface area contributed by atoms with Gasteiger partial charge < -0.3 is 14.8 Å². The quantitative estimate of drug-likeness (QED) is 0.656. The van der Waals surface area contributed by atoms with Crippen molar-refractivity contribution >= 4 is 34.1 Å². The van der Waals surface area contributed by atoms with Crippen molar-refractivity contribution in [2.24, 2.45) is 0 Å². The van der Waals surface area contributed by atoms with Crippen molar-refractivity contribution in [2.45, 2.75) is 4.90 Å². The van der Waals surface area contributed by atoms with Crippen LogP contribution in [0.2, 0.25) is 0 Å². The van der Waals surface area contributed by atoms with Gasteiger partial charge in [0.25, 0.3) is 0 Å². The van der Waals surface area contributed by atoms with Gasteiger partial charge in [-0.25, -0.2) is 9.37 Å². The fraction of sp³-hybridized carbons (Fsp3) is 0.111. The molecule has 0 atom stereocenters. The maximum atomic E-state index is 13.6. The zero-order valence-corrected chi connectivity index (χ0v) is 15.0. The van der Waals surface area contributed by atoms with Gasteiger partial charge in [-0.2, -0.15) is 0 Å². The van der Waals surface area contributed by atoms with Crippen molar-refractivity contribution in [1.82, 2.24) is 4.98 Å². The summed E-state index contributed by atoms with van der Waals surface area (Å²) in [5.41, 5.74) is 1.62. The van der Waals surface area contributed by atoms with Crippen LogP contribution >= 0.6 is 23.1 Å². The predicted molar refractivity (Wildman–Crippen MR) is 99.4 cm³/mol. The van der Waals surface area contributed by atoms with Crippen LogP contribution in [-0.4, -0.2) is 23.4 Å². The fourth-order valence-corrected chi connectivity index (χ4v) is 3.86. The maximum absolute atomic E-state index is 13.6. The molecule has 1 N–H and O–H groups in total. The number of ether oxygens (including phenoxy) is 2. The summed E-state index contributed by atoms with van der Waals surface area (Å²) < 4.78 is 24.2. The Balaban J connectivity index is 1.39. The standard InChI is InChI=1S/C18H13FN2O3S2/c19-12-3-1-2-4-16(12)25-9-17(22)21-18-20-13(8-26-18)11-5-6-14-15(7-11)24-10-23-14/h1-8H,9-10H2,(H,20,21,22). The van der Waals surface area contributed by atoms with E-state index >= 15 is 0 Å². The highest BCUT2D eigenvalue weighted by atomic mass is 32.2. The molecule has 8 heteroatoms. The Kier molecular flexibility index (Phi) is 4.77. The number of nitrogens with zero attached hydrogens (tertiary/aromatic N) is 1. The van der Waals surface area contributed by atoms with Gasteiger partial charge in [0.15, 0.2) is 16.6 Å². The fourth-order valence-electron chi connectivity index (χ4n) is 2.38. The van der Waals surface area contributed by atoms with Gasteiger partial charge in [-0.3, -0.25) is 4.79 Å². The molecule has 26 heavy (non-hydrogen) atoms. The van der Waals surface area contributed by atoms with Gasteiger partial charge in [0.1, 0.15) is 5.82 Å². The SMILES string of the molecule is O=C(CSc1ccccc1F)Nc1nc(-c2ccc3c(c2)OCO3)cs1. The summed E-state index contributed by atoms with van der Waals surface area (Å²) in [5.74, 6) is 0.944. The van der Waals surface area contributed by atoms with Gasteiger partial charge >= 0.3 is 0 Å². The van der Waals surface area contributed by atoms with Crippen LogP contribution in [0.25, 0.3) is 11.3 Å². The number of carbonyl (C=O) groups excluding carboxylic acids is 1. The summed E-state index contributed by atoms with van der Waals surface area (Å²) in [5, 5.41) is 5.10. The third-order valence-electron chi connectivity index (χ3n) is 3.61. The molecule has 1 aliphatic rings. The molecule has 0 fully saturated rings. The van der Waals surface area contributed by atoms with Gasteiger partial charge in [0, 0.05) is 15.8 Å². The Bertz CT molecular complexity index is 961. The number of halogens is 1. The third-order valence-corrected chi connectivity index (χ3v) is 5.42. The number of fused-ring (bicyclic) bond motifs is 1. The number of nitrogens with one attached hydrogen (secondary N) is 1. The van der Waals surface area contributed by atoms with Crippen molar-refractivity contribution in [3.63, 3.8) is 0 Å². The van der Waals surface area contributed by atoms with E-state index in [2.05, 4.69) is 10.3 Å². The molecule has 2 heterocycles. The zero-order chi connectivity index (χ0) is 17.9. The van der Waals surface area contributed by atoms with E-state index < -0.39 is 0 Å². The van der Waals surface area contributed by atoms with Crippen LogP contribution in [0.4, 0.5) is 9.52 Å². The molecule has 1 amide bonds. The Morgan fingerprint density at radius 3 is 2.96 bits per heavy atom. The second-order valence-corrected chi connectivity index (χ2v) is 7.25. The number of amides is 1. The average molecular weight is 388 g/mol. The van der Waals surface area contributed by atoms with Crippen LogP contribution in [0.1, 0.15) is 0 Å². The van der Waals surface area contributed by atoms with Crippen molar-refractivity contribution in [3.8, 4) is 22.8 Å². The van der Waals surface area contributed by atoms with Crippen molar-refractivity contribution in [1.29, 1.82) is 0 Å². The number of thiazole rings is 1. The van der Waals surface area contributed by atoms with Crippen LogP contribution < -0.4 is 14.8 Å². The number of benzene rings is 2. The number of hydrogen-bond acceptors (Lipinski definition) is 6. The number of anilines is 1. The molecule has 5 nitrogen and oxygen atoms in total. The van der Waals surface area contributed by atoms with Crippen LogP contribution in [0.5, 0.6) is 11.5 Å². The Morgan fingerprint density at radius 1 is 1.23 bits per heavy atom. The highest BCUT2D eigenvalue weighted by Gasteiger charge is 2.15. The molecular weight excluding hydrogens is 375 g/mol. The van der Waals surface area contributed by atoms with Crippen LogP contribution in [0.3, 0.4) is 0 Å². The molecule has 3 aromatic rings. The first-order valence-electron chi connectivity index (χ1n) is 7.72. The Morgan fingerprint density at radius 2 is 2.08 bits per heavy atom. The van der Waals surface area contributed by atoms with E-state index in [1.165, 1.54) is 17.4 Å². The van der Waals surface area contributed by atoms with Gasteiger partial charge in [-0.15, -0.1) is 23.1 Å². The Hall–Kier alpha value is -2.58. The summed E-state index contributed by atoms with van der Waals surface area (Å²) >= 11 is 2.48. The first-order valence-corrected chi connectivity index (χ1v) is 9.58. The monoisotopic (exact) mass is 388 g/mol. The van der Waals surface area contributed by atoms with E-state index in [4.69, 9.17) is 9.47 Å². The molecule has 1 aliphatic heterocycles. The molecule has 0 aliphatic carbocycles. The molecule has 1 aromatic heterocycles. The van der Waals surface area contributed by atoms with E-state index in [1.807, 2.05) is 23.6 Å². The number of rotatable bonds is 5. The van der Waals surface area contributed by atoms with Crippen LogP contribution in [0, 0.1) is 5.82 Å². The minimum absolute atomic E-state index is 0.111. The van der Waals surface area contributed by atoms with Gasteiger partial charge in [-0.05, 0) is 30.3 Å². The van der Waals surface area contributed by atoms with Crippen molar-refractivity contribution in [3.05, 3.63) is 53.7 Å². The first-order chi connectivity index (χ1) is 12.7. The highest BCUT2D eigenvalue weighted by Crippen LogP contribution is 2.36. The largest absolute Gasteiger partial charge is 0.454 e. The van der Waals surface area contributed by atoms with E-state index in [0.717, 1.165) is 23.0 Å². The smallest absolute Gasteiger partial charge is 0.236 e. The maximum Gasteiger partial charge on any atom is 0.236 e. The number of hydrogen-bond donors (Lipinski definition) is 1. The van der Waals surface area contributed by atoms with Crippen LogP contribution in [-0.2, 0) is 4.79 Å². The molecular formula is C18H13FN2O3S2. The molecule has 0 radical (unpaired) electrons. The molecule has 0 spiro atoms. The zero-order valence-electron chi connectivity index (χ0n) is 13.4. The molecule has 0 bridgehead atoms. The van der Waals surface area contributed by atoms with E-state index in [9.17, 15) is 9.18 Å². The highest BCUT2D eigenvalue weighted by molar-refractivity contribution is 8.00. The summed E-state index contributed by atoms with van der Waals surface area (Å²) in [6, 6.07) is 12.0. The lowest BCUT2D eigenvalue weighted by molar-refractivity contribution is -0.113. The topological polar surface area (TPSA) is 60.5 Å². The van der Waals surface area contributed by atoms with Crippen molar-refractivity contribution < 1.29 is 18.7 Å². The summed E-state index contributed by atoms with van der Waals surface area (Å²) in [4.78, 5) is 16.9. The molecule has 0 saturated carbocycles. The molecule has 132 valence electrons. The van der Waals surface area contributed by atoms with Gasteiger partial charge in [0.05, 0.1) is 11.4 Å². The summed E-state index contributed by atoms with van der Waals surface area (Å²) in [7, 11) is 0. The van der Waals surface area contributed by atoms with Crippen LogP contribution in [0.15, 0.2) is 52.7 Å². The number of thioether (sulfide) groups is 1. The molecule has 2 aromatic carbocycles. The second kappa shape index (κ2) is 7.35. The van der Waals surface area contributed by atoms with Crippen molar-refractivity contribution in [2.75, 3.05) is 17.9 Å².